The minimum absolute atomic E-state index is 0.00133. The SMILES string of the molecule is O=C(NC1CC1)c1cc2c(s1)-c1ccccc1N(S(=O)(=O)c1cccc(Br)n1)CC2. The van der Waals surface area contributed by atoms with Crippen LogP contribution < -0.4 is 9.62 Å². The maximum atomic E-state index is 13.4. The van der Waals surface area contributed by atoms with Gasteiger partial charge in [-0.05, 0) is 65.0 Å². The average Bonchev–Trinajstić information content (AvgIpc) is 3.47. The molecule has 6 nitrogen and oxygen atoms in total. The maximum absolute atomic E-state index is 13.4. The van der Waals surface area contributed by atoms with Gasteiger partial charge in [-0.2, -0.15) is 8.42 Å². The molecule has 1 aliphatic heterocycles. The Morgan fingerprint density at radius 2 is 1.97 bits per heavy atom. The van der Waals surface area contributed by atoms with E-state index in [-0.39, 0.29) is 17.5 Å². The molecule has 5 rings (SSSR count). The van der Waals surface area contributed by atoms with Gasteiger partial charge in [-0.3, -0.25) is 9.10 Å². The molecule has 1 aliphatic carbocycles. The van der Waals surface area contributed by atoms with E-state index in [1.165, 1.54) is 21.7 Å². The molecular weight excluding hydrogens is 486 g/mol. The Hall–Kier alpha value is -2.23. The van der Waals surface area contributed by atoms with Crippen molar-refractivity contribution in [1.82, 2.24) is 10.3 Å². The first-order chi connectivity index (χ1) is 14.4. The molecule has 3 aromatic rings. The van der Waals surface area contributed by atoms with E-state index in [0.29, 0.717) is 27.6 Å². The molecular formula is C21H18BrN3O3S2. The van der Waals surface area contributed by atoms with E-state index < -0.39 is 10.0 Å². The summed E-state index contributed by atoms with van der Waals surface area (Å²) in [5.41, 5.74) is 2.42. The molecule has 3 heterocycles. The Morgan fingerprint density at radius 3 is 2.73 bits per heavy atom. The normalized spacial score (nSPS) is 15.8. The Balaban J connectivity index is 1.57. The number of amides is 1. The van der Waals surface area contributed by atoms with Crippen molar-refractivity contribution in [3.8, 4) is 10.4 Å². The molecule has 2 aliphatic rings. The van der Waals surface area contributed by atoms with E-state index in [2.05, 4.69) is 26.2 Å². The van der Waals surface area contributed by atoms with E-state index in [4.69, 9.17) is 0 Å². The molecule has 30 heavy (non-hydrogen) atoms. The van der Waals surface area contributed by atoms with Crippen LogP contribution >= 0.6 is 27.3 Å². The van der Waals surface area contributed by atoms with E-state index >= 15 is 0 Å². The summed E-state index contributed by atoms with van der Waals surface area (Å²) in [4.78, 5) is 18.3. The van der Waals surface area contributed by atoms with Crippen molar-refractivity contribution in [3.63, 3.8) is 0 Å². The number of thiophene rings is 1. The molecule has 0 bridgehead atoms. The highest BCUT2D eigenvalue weighted by molar-refractivity contribution is 9.10. The highest BCUT2D eigenvalue weighted by Gasteiger charge is 2.32. The lowest BCUT2D eigenvalue weighted by Gasteiger charge is -2.24. The third kappa shape index (κ3) is 3.55. The van der Waals surface area contributed by atoms with E-state index in [1.807, 2.05) is 30.3 Å². The number of hydrogen-bond acceptors (Lipinski definition) is 5. The van der Waals surface area contributed by atoms with Gasteiger partial charge in [0, 0.05) is 23.0 Å². The second-order valence-electron chi connectivity index (χ2n) is 7.36. The summed E-state index contributed by atoms with van der Waals surface area (Å²) in [5, 5.41) is 3.03. The van der Waals surface area contributed by atoms with Crippen LogP contribution in [0.5, 0.6) is 0 Å². The van der Waals surface area contributed by atoms with Crippen LogP contribution in [0.2, 0.25) is 0 Å². The number of anilines is 1. The van der Waals surface area contributed by atoms with Crippen LogP contribution in [0.25, 0.3) is 10.4 Å². The summed E-state index contributed by atoms with van der Waals surface area (Å²) in [7, 11) is -3.83. The number of hydrogen-bond donors (Lipinski definition) is 1. The lowest BCUT2D eigenvalue weighted by molar-refractivity contribution is 0.0955. The molecule has 1 fully saturated rings. The predicted octanol–water partition coefficient (Wildman–Crippen LogP) is 4.22. The fourth-order valence-corrected chi connectivity index (χ4v) is 6.61. The molecule has 0 saturated heterocycles. The van der Waals surface area contributed by atoms with E-state index in [1.54, 1.807) is 12.1 Å². The fourth-order valence-electron chi connectivity index (χ4n) is 3.56. The maximum Gasteiger partial charge on any atom is 0.281 e. The van der Waals surface area contributed by atoms with Crippen LogP contribution in [-0.2, 0) is 16.4 Å². The van der Waals surface area contributed by atoms with Crippen LogP contribution in [-0.4, -0.2) is 31.9 Å². The Bertz CT molecular complexity index is 1250. The first-order valence-electron chi connectivity index (χ1n) is 9.62. The number of rotatable bonds is 4. The van der Waals surface area contributed by atoms with Gasteiger partial charge < -0.3 is 5.32 Å². The minimum atomic E-state index is -3.83. The van der Waals surface area contributed by atoms with Crippen LogP contribution in [0.1, 0.15) is 28.1 Å². The van der Waals surface area contributed by atoms with Gasteiger partial charge in [0.1, 0.15) is 4.60 Å². The molecule has 154 valence electrons. The third-order valence-corrected chi connectivity index (χ3v) is 8.56. The van der Waals surface area contributed by atoms with Crippen molar-refractivity contribution in [2.75, 3.05) is 10.8 Å². The Morgan fingerprint density at radius 1 is 1.17 bits per heavy atom. The summed E-state index contributed by atoms with van der Waals surface area (Å²) in [6.45, 7) is 0.279. The van der Waals surface area contributed by atoms with Crippen molar-refractivity contribution in [1.29, 1.82) is 0 Å². The Kier molecular flexibility index (Phi) is 4.91. The second-order valence-corrected chi connectivity index (χ2v) is 11.0. The molecule has 1 aromatic carbocycles. The van der Waals surface area contributed by atoms with Gasteiger partial charge in [0.05, 0.1) is 10.6 Å². The lowest BCUT2D eigenvalue weighted by atomic mass is 10.1. The molecule has 0 radical (unpaired) electrons. The molecule has 9 heteroatoms. The first-order valence-corrected chi connectivity index (χ1v) is 12.7. The van der Waals surface area contributed by atoms with Crippen molar-refractivity contribution >= 4 is 48.9 Å². The zero-order valence-electron chi connectivity index (χ0n) is 15.8. The predicted molar refractivity (Wildman–Crippen MR) is 120 cm³/mol. The summed E-state index contributed by atoms with van der Waals surface area (Å²) < 4.78 is 28.7. The number of carbonyl (C=O) groups is 1. The molecule has 2 aromatic heterocycles. The highest BCUT2D eigenvalue weighted by Crippen LogP contribution is 2.43. The molecule has 1 saturated carbocycles. The number of pyridine rings is 1. The number of nitrogens with one attached hydrogen (secondary N) is 1. The van der Waals surface area contributed by atoms with E-state index in [9.17, 15) is 13.2 Å². The van der Waals surface area contributed by atoms with Crippen LogP contribution in [0.15, 0.2) is 58.2 Å². The number of nitrogens with zero attached hydrogens (tertiary/aromatic N) is 2. The summed E-state index contributed by atoms with van der Waals surface area (Å²) in [6.07, 6.45) is 2.59. The van der Waals surface area contributed by atoms with E-state index in [0.717, 1.165) is 28.8 Å². The Labute approximate surface area is 187 Å². The minimum Gasteiger partial charge on any atom is -0.349 e. The zero-order chi connectivity index (χ0) is 20.9. The average molecular weight is 504 g/mol. The van der Waals surface area contributed by atoms with Crippen molar-refractivity contribution in [3.05, 3.63) is 63.6 Å². The number of para-hydroxylation sites is 1. The number of benzene rings is 1. The van der Waals surface area contributed by atoms with Gasteiger partial charge >= 0.3 is 0 Å². The van der Waals surface area contributed by atoms with Gasteiger partial charge in [0.15, 0.2) is 5.03 Å². The van der Waals surface area contributed by atoms with Crippen LogP contribution in [0.4, 0.5) is 5.69 Å². The monoisotopic (exact) mass is 503 g/mol. The number of halogens is 1. The molecule has 0 atom stereocenters. The number of carbonyl (C=O) groups excluding carboxylic acids is 1. The standard InChI is InChI=1S/C21H18BrN3O3S2/c22-18-6-3-7-19(24-18)30(27,28)25-11-10-13-12-17(21(26)23-14-8-9-14)29-20(13)15-4-1-2-5-16(15)25/h1-7,12,14H,8-11H2,(H,23,26). The fraction of sp³-hybridized carbons (Fsp3) is 0.238. The van der Waals surface area contributed by atoms with Gasteiger partial charge in [-0.1, -0.05) is 24.3 Å². The number of fused-ring (bicyclic) bond motifs is 3. The molecule has 0 unspecified atom stereocenters. The van der Waals surface area contributed by atoms with Crippen molar-refractivity contribution < 1.29 is 13.2 Å². The first kappa shape index (κ1) is 19.7. The molecule has 1 amide bonds. The smallest absolute Gasteiger partial charge is 0.281 e. The summed E-state index contributed by atoms with van der Waals surface area (Å²) in [5.74, 6) is -0.0455. The van der Waals surface area contributed by atoms with Crippen molar-refractivity contribution in [2.24, 2.45) is 0 Å². The zero-order valence-corrected chi connectivity index (χ0v) is 19.1. The topological polar surface area (TPSA) is 79.4 Å². The largest absolute Gasteiger partial charge is 0.349 e. The van der Waals surface area contributed by atoms with Crippen LogP contribution in [0, 0.1) is 0 Å². The molecule has 0 spiro atoms. The quantitative estimate of drug-likeness (QED) is 0.540. The summed E-state index contributed by atoms with van der Waals surface area (Å²) >= 11 is 4.68. The van der Waals surface area contributed by atoms with Gasteiger partial charge in [-0.15, -0.1) is 11.3 Å². The highest BCUT2D eigenvalue weighted by atomic mass is 79.9. The van der Waals surface area contributed by atoms with Gasteiger partial charge in [-0.25, -0.2) is 4.98 Å². The number of sulfonamides is 1. The third-order valence-electron chi connectivity index (χ3n) is 5.19. The van der Waals surface area contributed by atoms with Gasteiger partial charge in [0.2, 0.25) is 0 Å². The lowest BCUT2D eigenvalue weighted by Crippen LogP contribution is -2.33. The number of aromatic nitrogens is 1. The van der Waals surface area contributed by atoms with Gasteiger partial charge in [0.25, 0.3) is 15.9 Å². The summed E-state index contributed by atoms with van der Waals surface area (Å²) in [6, 6.07) is 14.5. The van der Waals surface area contributed by atoms with Crippen LogP contribution in [0.3, 0.4) is 0 Å². The van der Waals surface area contributed by atoms with Crippen molar-refractivity contribution in [2.45, 2.75) is 30.3 Å². The second kappa shape index (κ2) is 7.47. The molecule has 1 N–H and O–H groups in total.